The number of aromatic nitrogens is 2. The molecule has 5 nitrogen and oxygen atoms in total. The van der Waals surface area contributed by atoms with Gasteiger partial charge in [0.15, 0.2) is 5.78 Å². The number of aryl methyl sites for hydroxylation is 1. The molecule has 0 aliphatic rings. The molecular formula is C21H21N3O2. The Morgan fingerprint density at radius 1 is 1.08 bits per heavy atom. The van der Waals surface area contributed by atoms with E-state index in [-0.39, 0.29) is 17.7 Å². The van der Waals surface area contributed by atoms with Crippen molar-refractivity contribution in [2.24, 2.45) is 7.05 Å². The lowest BCUT2D eigenvalue weighted by Crippen LogP contribution is -2.33. The van der Waals surface area contributed by atoms with Gasteiger partial charge in [-0.3, -0.25) is 14.6 Å². The minimum absolute atomic E-state index is 0.0633. The molecule has 0 fully saturated rings. The minimum Gasteiger partial charge on any atom is -0.346 e. The zero-order valence-corrected chi connectivity index (χ0v) is 15.1. The van der Waals surface area contributed by atoms with Crippen LogP contribution < -0.4 is 0 Å². The van der Waals surface area contributed by atoms with Crippen molar-refractivity contribution in [3.63, 3.8) is 0 Å². The summed E-state index contributed by atoms with van der Waals surface area (Å²) in [4.78, 5) is 30.9. The largest absolute Gasteiger partial charge is 0.346 e. The van der Waals surface area contributed by atoms with Crippen LogP contribution in [0.1, 0.15) is 45.1 Å². The number of Topliss-reactive ketones (excluding diaryl/α,β-unsaturated/α-hetero) is 1. The fraction of sp³-hybridized carbons (Fsp3) is 0.190. The maximum absolute atomic E-state index is 13.2. The van der Waals surface area contributed by atoms with E-state index in [1.165, 1.54) is 6.92 Å². The SMILES string of the molecule is CC(=O)c1cc(C(=O)N(C)[C@@H](c2ccccc2)c2ccccn2)n(C)c1. The number of amides is 1. The normalized spacial score (nSPS) is 11.8. The summed E-state index contributed by atoms with van der Waals surface area (Å²) in [5, 5.41) is 0. The molecule has 0 saturated carbocycles. The molecule has 26 heavy (non-hydrogen) atoms. The van der Waals surface area contributed by atoms with Gasteiger partial charge in [0.25, 0.3) is 5.91 Å². The Balaban J connectivity index is 2.02. The number of nitrogens with zero attached hydrogens (tertiary/aromatic N) is 3. The number of rotatable bonds is 5. The molecule has 0 saturated heterocycles. The third-order valence-corrected chi connectivity index (χ3v) is 4.42. The van der Waals surface area contributed by atoms with Crippen molar-refractivity contribution < 1.29 is 9.59 Å². The summed E-state index contributed by atoms with van der Waals surface area (Å²) in [6.45, 7) is 1.49. The van der Waals surface area contributed by atoms with Crippen LogP contribution in [0, 0.1) is 0 Å². The Bertz CT molecular complexity index is 877. The van der Waals surface area contributed by atoms with Crippen LogP contribution >= 0.6 is 0 Å². The van der Waals surface area contributed by atoms with Crippen molar-refractivity contribution in [1.29, 1.82) is 0 Å². The number of pyridine rings is 1. The highest BCUT2D eigenvalue weighted by molar-refractivity contribution is 5.99. The van der Waals surface area contributed by atoms with Crippen LogP contribution in [-0.4, -0.2) is 33.2 Å². The molecule has 0 radical (unpaired) electrons. The quantitative estimate of drug-likeness (QED) is 0.664. The first-order valence-electron chi connectivity index (χ1n) is 8.39. The molecule has 132 valence electrons. The maximum atomic E-state index is 13.2. The number of benzene rings is 1. The molecule has 0 aliphatic carbocycles. The Morgan fingerprint density at radius 3 is 2.35 bits per heavy atom. The summed E-state index contributed by atoms with van der Waals surface area (Å²) in [7, 11) is 3.53. The van der Waals surface area contributed by atoms with Gasteiger partial charge in [-0.05, 0) is 30.7 Å². The van der Waals surface area contributed by atoms with Gasteiger partial charge in [0, 0.05) is 32.1 Å². The average molecular weight is 347 g/mol. The summed E-state index contributed by atoms with van der Waals surface area (Å²) in [6, 6.07) is 16.8. The van der Waals surface area contributed by atoms with E-state index in [0.29, 0.717) is 11.3 Å². The van der Waals surface area contributed by atoms with Crippen LogP contribution in [0.3, 0.4) is 0 Å². The van der Waals surface area contributed by atoms with Crippen molar-refractivity contribution in [3.8, 4) is 0 Å². The highest BCUT2D eigenvalue weighted by atomic mass is 16.2. The first-order valence-corrected chi connectivity index (χ1v) is 8.39. The van der Waals surface area contributed by atoms with Gasteiger partial charge in [0.2, 0.25) is 0 Å². The van der Waals surface area contributed by atoms with E-state index in [0.717, 1.165) is 11.3 Å². The third kappa shape index (κ3) is 3.42. The second-order valence-corrected chi connectivity index (χ2v) is 6.26. The van der Waals surface area contributed by atoms with Gasteiger partial charge >= 0.3 is 0 Å². The fourth-order valence-electron chi connectivity index (χ4n) is 3.03. The first kappa shape index (κ1) is 17.6. The monoisotopic (exact) mass is 347 g/mol. The number of ketones is 1. The Morgan fingerprint density at radius 2 is 1.77 bits per heavy atom. The standard InChI is InChI=1S/C21H21N3O2/c1-15(25)17-13-19(23(2)14-17)21(26)24(3)20(16-9-5-4-6-10-16)18-11-7-8-12-22-18/h4-14,20H,1-3H3/t20-/m0/s1. The van der Waals surface area contributed by atoms with Crippen molar-refractivity contribution in [3.05, 3.63) is 89.5 Å². The van der Waals surface area contributed by atoms with Gasteiger partial charge in [-0.1, -0.05) is 36.4 Å². The van der Waals surface area contributed by atoms with Crippen LogP contribution in [0.5, 0.6) is 0 Å². The molecule has 0 bridgehead atoms. The predicted molar refractivity (Wildman–Crippen MR) is 100 cm³/mol. The van der Waals surface area contributed by atoms with Gasteiger partial charge in [-0.15, -0.1) is 0 Å². The predicted octanol–water partition coefficient (Wildman–Crippen LogP) is 3.48. The van der Waals surface area contributed by atoms with Crippen molar-refractivity contribution >= 4 is 11.7 Å². The van der Waals surface area contributed by atoms with E-state index in [4.69, 9.17) is 0 Å². The molecule has 1 amide bonds. The number of hydrogen-bond acceptors (Lipinski definition) is 3. The zero-order valence-electron chi connectivity index (χ0n) is 15.1. The molecule has 2 heterocycles. The second kappa shape index (κ2) is 7.35. The Kier molecular flexibility index (Phi) is 4.98. The molecular weight excluding hydrogens is 326 g/mol. The summed E-state index contributed by atoms with van der Waals surface area (Å²) < 4.78 is 1.69. The second-order valence-electron chi connectivity index (χ2n) is 6.26. The summed E-state index contributed by atoms with van der Waals surface area (Å²) in [5.41, 5.74) is 2.76. The first-order chi connectivity index (χ1) is 12.5. The fourth-order valence-corrected chi connectivity index (χ4v) is 3.03. The van der Waals surface area contributed by atoms with Crippen LogP contribution in [0.4, 0.5) is 0 Å². The van der Waals surface area contributed by atoms with Gasteiger partial charge in [-0.25, -0.2) is 0 Å². The van der Waals surface area contributed by atoms with Crippen molar-refractivity contribution in [2.75, 3.05) is 7.05 Å². The van der Waals surface area contributed by atoms with Crippen molar-refractivity contribution in [2.45, 2.75) is 13.0 Å². The smallest absolute Gasteiger partial charge is 0.271 e. The molecule has 0 N–H and O–H groups in total. The Labute approximate surface area is 152 Å². The minimum atomic E-state index is -0.319. The number of carbonyl (C=O) groups is 2. The van der Waals surface area contributed by atoms with Crippen LogP contribution in [0.2, 0.25) is 0 Å². The van der Waals surface area contributed by atoms with E-state index < -0.39 is 0 Å². The number of carbonyl (C=O) groups excluding carboxylic acids is 2. The molecule has 2 aromatic heterocycles. The van der Waals surface area contributed by atoms with Gasteiger partial charge < -0.3 is 9.47 Å². The van der Waals surface area contributed by atoms with E-state index in [1.54, 1.807) is 42.0 Å². The summed E-state index contributed by atoms with van der Waals surface area (Å²) >= 11 is 0. The molecule has 0 unspecified atom stereocenters. The topological polar surface area (TPSA) is 55.2 Å². The molecule has 0 spiro atoms. The third-order valence-electron chi connectivity index (χ3n) is 4.42. The maximum Gasteiger partial charge on any atom is 0.271 e. The Hall–Kier alpha value is -3.21. The van der Waals surface area contributed by atoms with E-state index in [1.807, 2.05) is 48.5 Å². The van der Waals surface area contributed by atoms with E-state index >= 15 is 0 Å². The summed E-state index contributed by atoms with van der Waals surface area (Å²) in [6.07, 6.45) is 3.40. The molecule has 3 rings (SSSR count). The lowest BCUT2D eigenvalue weighted by Gasteiger charge is -2.28. The van der Waals surface area contributed by atoms with E-state index in [2.05, 4.69) is 4.98 Å². The van der Waals surface area contributed by atoms with E-state index in [9.17, 15) is 9.59 Å². The lowest BCUT2D eigenvalue weighted by atomic mass is 10.0. The van der Waals surface area contributed by atoms with Crippen LogP contribution in [-0.2, 0) is 7.05 Å². The molecule has 5 heteroatoms. The highest BCUT2D eigenvalue weighted by Gasteiger charge is 2.27. The van der Waals surface area contributed by atoms with Gasteiger partial charge in [-0.2, -0.15) is 0 Å². The van der Waals surface area contributed by atoms with Gasteiger partial charge in [0.05, 0.1) is 11.7 Å². The zero-order chi connectivity index (χ0) is 18.7. The average Bonchev–Trinajstić information content (AvgIpc) is 3.05. The molecule has 1 atom stereocenters. The molecule has 1 aromatic carbocycles. The highest BCUT2D eigenvalue weighted by Crippen LogP contribution is 2.27. The summed E-state index contributed by atoms with van der Waals surface area (Å²) in [5.74, 6) is -0.230. The molecule has 0 aliphatic heterocycles. The van der Waals surface area contributed by atoms with Crippen LogP contribution in [0.25, 0.3) is 0 Å². The lowest BCUT2D eigenvalue weighted by molar-refractivity contribution is 0.0743. The number of hydrogen-bond donors (Lipinski definition) is 0. The molecule has 3 aromatic rings. The van der Waals surface area contributed by atoms with Gasteiger partial charge in [0.1, 0.15) is 5.69 Å². The van der Waals surface area contributed by atoms with Crippen molar-refractivity contribution in [1.82, 2.24) is 14.5 Å². The van der Waals surface area contributed by atoms with Crippen LogP contribution in [0.15, 0.2) is 67.0 Å².